The average molecular weight is 432 g/mol. The lowest BCUT2D eigenvalue weighted by Crippen LogP contribution is -2.10. The van der Waals surface area contributed by atoms with Crippen molar-refractivity contribution < 1.29 is 9.47 Å². The van der Waals surface area contributed by atoms with Crippen molar-refractivity contribution in [1.82, 2.24) is 20.2 Å². The summed E-state index contributed by atoms with van der Waals surface area (Å²) in [6, 6.07) is 12.1. The number of anilines is 1. The number of nitrogens with one attached hydrogen (secondary N) is 1. The zero-order valence-corrected chi connectivity index (χ0v) is 17.2. The van der Waals surface area contributed by atoms with Gasteiger partial charge in [0, 0.05) is 23.1 Å². The highest BCUT2D eigenvalue weighted by molar-refractivity contribution is 9.10. The first-order chi connectivity index (χ1) is 13.1. The van der Waals surface area contributed by atoms with Crippen molar-refractivity contribution in [3.8, 4) is 11.5 Å². The van der Waals surface area contributed by atoms with Crippen molar-refractivity contribution in [2.75, 3.05) is 12.4 Å². The Morgan fingerprint density at radius 1 is 1.22 bits per heavy atom. The molecule has 0 spiro atoms. The van der Waals surface area contributed by atoms with Gasteiger partial charge in [-0.3, -0.25) is 0 Å². The van der Waals surface area contributed by atoms with E-state index in [0.29, 0.717) is 37.1 Å². The third-order valence-corrected chi connectivity index (χ3v) is 4.85. The van der Waals surface area contributed by atoms with E-state index in [1.807, 2.05) is 31.2 Å². The summed E-state index contributed by atoms with van der Waals surface area (Å²) in [5.74, 6) is 1.98. The Hall–Kier alpha value is -2.61. The number of tetrazole rings is 1. The molecule has 1 aromatic heterocycles. The predicted molar refractivity (Wildman–Crippen MR) is 107 cm³/mol. The lowest BCUT2D eigenvalue weighted by molar-refractivity contribution is 0.281. The SMILES string of the molecule is CCn1nnnc1NCc1c(Br)ccc(OC)c1OCc1cccc(C)c1. The van der Waals surface area contributed by atoms with Crippen molar-refractivity contribution in [2.24, 2.45) is 0 Å². The first-order valence-corrected chi connectivity index (χ1v) is 9.45. The number of halogens is 1. The van der Waals surface area contributed by atoms with E-state index in [0.717, 1.165) is 15.6 Å². The Morgan fingerprint density at radius 3 is 2.81 bits per heavy atom. The maximum Gasteiger partial charge on any atom is 0.243 e. The van der Waals surface area contributed by atoms with Gasteiger partial charge in [-0.05, 0) is 42.0 Å². The van der Waals surface area contributed by atoms with Crippen LogP contribution in [0, 0.1) is 6.92 Å². The van der Waals surface area contributed by atoms with Crippen molar-refractivity contribution in [1.29, 1.82) is 0 Å². The van der Waals surface area contributed by atoms with E-state index in [9.17, 15) is 0 Å². The molecular weight excluding hydrogens is 410 g/mol. The lowest BCUT2D eigenvalue weighted by atomic mass is 10.1. The van der Waals surface area contributed by atoms with Crippen LogP contribution in [0.25, 0.3) is 0 Å². The summed E-state index contributed by atoms with van der Waals surface area (Å²) in [6.45, 7) is 5.68. The van der Waals surface area contributed by atoms with Crippen LogP contribution in [0.15, 0.2) is 40.9 Å². The number of hydrogen-bond donors (Lipinski definition) is 1. The highest BCUT2D eigenvalue weighted by Gasteiger charge is 2.16. The molecule has 0 aliphatic heterocycles. The quantitative estimate of drug-likeness (QED) is 0.581. The molecule has 0 radical (unpaired) electrons. The van der Waals surface area contributed by atoms with Gasteiger partial charge in [0.05, 0.1) is 7.11 Å². The summed E-state index contributed by atoms with van der Waals surface area (Å²) in [7, 11) is 1.64. The molecule has 0 saturated heterocycles. The smallest absolute Gasteiger partial charge is 0.243 e. The lowest BCUT2D eigenvalue weighted by Gasteiger charge is -2.17. The van der Waals surface area contributed by atoms with Gasteiger partial charge in [-0.25, -0.2) is 4.68 Å². The molecule has 142 valence electrons. The van der Waals surface area contributed by atoms with Crippen molar-refractivity contribution >= 4 is 21.9 Å². The molecule has 0 saturated carbocycles. The van der Waals surface area contributed by atoms with Gasteiger partial charge in [-0.2, -0.15) is 0 Å². The predicted octanol–water partition coefficient (Wildman–Crippen LogP) is 3.96. The minimum atomic E-state index is 0.453. The van der Waals surface area contributed by atoms with Crippen LogP contribution in [0.4, 0.5) is 5.95 Å². The molecule has 27 heavy (non-hydrogen) atoms. The maximum atomic E-state index is 6.15. The molecule has 0 unspecified atom stereocenters. The second-order valence-electron chi connectivity index (χ2n) is 6.01. The molecule has 0 amide bonds. The normalized spacial score (nSPS) is 10.7. The molecule has 0 aliphatic rings. The van der Waals surface area contributed by atoms with Gasteiger partial charge in [-0.15, -0.1) is 0 Å². The second kappa shape index (κ2) is 8.85. The molecule has 0 fully saturated rings. The van der Waals surface area contributed by atoms with Gasteiger partial charge in [0.2, 0.25) is 5.95 Å². The molecular formula is C19H22BrN5O2. The van der Waals surface area contributed by atoms with Gasteiger partial charge in [0.25, 0.3) is 0 Å². The molecule has 0 atom stereocenters. The fraction of sp³-hybridized carbons (Fsp3) is 0.316. The van der Waals surface area contributed by atoms with E-state index in [1.54, 1.807) is 11.8 Å². The van der Waals surface area contributed by atoms with Crippen LogP contribution >= 0.6 is 15.9 Å². The zero-order chi connectivity index (χ0) is 19.2. The highest BCUT2D eigenvalue weighted by atomic mass is 79.9. The van der Waals surface area contributed by atoms with E-state index in [1.165, 1.54) is 5.56 Å². The summed E-state index contributed by atoms with van der Waals surface area (Å²) in [6.07, 6.45) is 0. The summed E-state index contributed by atoms with van der Waals surface area (Å²) >= 11 is 3.61. The third-order valence-electron chi connectivity index (χ3n) is 4.11. The molecule has 7 nitrogen and oxygen atoms in total. The maximum absolute atomic E-state index is 6.15. The molecule has 3 aromatic rings. The minimum Gasteiger partial charge on any atom is -0.493 e. The molecule has 1 N–H and O–H groups in total. The fourth-order valence-electron chi connectivity index (χ4n) is 2.74. The molecule has 0 bridgehead atoms. The number of ether oxygens (including phenoxy) is 2. The summed E-state index contributed by atoms with van der Waals surface area (Å²) in [4.78, 5) is 0. The number of hydrogen-bond acceptors (Lipinski definition) is 6. The standard InChI is InChI=1S/C19H22BrN5O2/c1-4-25-19(22-23-24-25)21-11-15-16(20)8-9-17(26-3)18(15)27-12-14-7-5-6-13(2)10-14/h5-10H,4,11-12H2,1-3H3,(H,21,22,24). The first-order valence-electron chi connectivity index (χ1n) is 8.66. The second-order valence-corrected chi connectivity index (χ2v) is 6.86. The summed E-state index contributed by atoms with van der Waals surface area (Å²) in [5, 5.41) is 14.9. The third kappa shape index (κ3) is 4.57. The van der Waals surface area contributed by atoms with Crippen LogP contribution in [-0.2, 0) is 19.7 Å². The fourth-order valence-corrected chi connectivity index (χ4v) is 3.19. The van der Waals surface area contributed by atoms with Crippen LogP contribution in [-0.4, -0.2) is 27.3 Å². The van der Waals surface area contributed by atoms with E-state index < -0.39 is 0 Å². The van der Waals surface area contributed by atoms with Crippen molar-refractivity contribution in [3.63, 3.8) is 0 Å². The summed E-state index contributed by atoms with van der Waals surface area (Å²) in [5.41, 5.74) is 3.24. The number of aromatic nitrogens is 4. The Labute approximate surface area is 166 Å². The van der Waals surface area contributed by atoms with E-state index in [-0.39, 0.29) is 0 Å². The van der Waals surface area contributed by atoms with Gasteiger partial charge in [0.15, 0.2) is 11.5 Å². The average Bonchev–Trinajstić information content (AvgIpc) is 3.13. The number of benzene rings is 2. The zero-order valence-electron chi connectivity index (χ0n) is 15.6. The number of aryl methyl sites for hydroxylation is 2. The highest BCUT2D eigenvalue weighted by Crippen LogP contribution is 2.37. The Bertz CT molecular complexity index is 913. The Morgan fingerprint density at radius 2 is 2.07 bits per heavy atom. The van der Waals surface area contributed by atoms with Gasteiger partial charge in [-0.1, -0.05) is 50.9 Å². The molecule has 2 aromatic carbocycles. The molecule has 1 heterocycles. The van der Waals surface area contributed by atoms with Crippen LogP contribution in [0.1, 0.15) is 23.6 Å². The number of rotatable bonds is 8. The van der Waals surface area contributed by atoms with Gasteiger partial charge in [0.1, 0.15) is 6.61 Å². The molecule has 0 aliphatic carbocycles. The largest absolute Gasteiger partial charge is 0.493 e. The number of nitrogens with zero attached hydrogens (tertiary/aromatic N) is 4. The Balaban J connectivity index is 1.83. The number of methoxy groups -OCH3 is 1. The summed E-state index contributed by atoms with van der Waals surface area (Å²) < 4.78 is 14.3. The minimum absolute atomic E-state index is 0.453. The van der Waals surface area contributed by atoms with Crippen molar-refractivity contribution in [2.45, 2.75) is 33.5 Å². The Kier molecular flexibility index (Phi) is 6.28. The van der Waals surface area contributed by atoms with Gasteiger partial charge < -0.3 is 14.8 Å². The van der Waals surface area contributed by atoms with E-state index in [2.05, 4.69) is 55.8 Å². The van der Waals surface area contributed by atoms with Crippen LogP contribution in [0.2, 0.25) is 0 Å². The molecule has 3 rings (SSSR count). The van der Waals surface area contributed by atoms with Crippen LogP contribution in [0.5, 0.6) is 11.5 Å². The van der Waals surface area contributed by atoms with Gasteiger partial charge >= 0.3 is 0 Å². The monoisotopic (exact) mass is 431 g/mol. The molecule has 8 heteroatoms. The van der Waals surface area contributed by atoms with E-state index in [4.69, 9.17) is 9.47 Å². The van der Waals surface area contributed by atoms with Crippen LogP contribution in [0.3, 0.4) is 0 Å². The van der Waals surface area contributed by atoms with Crippen LogP contribution < -0.4 is 14.8 Å². The van der Waals surface area contributed by atoms with Crippen molar-refractivity contribution in [3.05, 3.63) is 57.6 Å². The topological polar surface area (TPSA) is 74.1 Å². The first kappa shape index (κ1) is 19.2. The van der Waals surface area contributed by atoms with E-state index >= 15 is 0 Å².